The molecule has 208 valence electrons. The number of nitrogens with zero attached hydrogens (tertiary/aromatic N) is 3. The van der Waals surface area contributed by atoms with Crippen LogP contribution in [-0.4, -0.2) is 44.4 Å². The molecule has 10 nitrogen and oxygen atoms in total. The van der Waals surface area contributed by atoms with E-state index >= 15 is 0 Å². The minimum absolute atomic E-state index is 0.0633. The highest BCUT2D eigenvalue weighted by atomic mass is 35.5. The number of benzene rings is 1. The molecule has 0 bridgehead atoms. The Morgan fingerprint density at radius 2 is 1.97 bits per heavy atom. The fourth-order valence-corrected chi connectivity index (χ4v) is 5.61. The molecule has 3 N–H and O–H groups in total. The molecule has 3 aromatic rings. The number of carbonyl (C=O) groups is 3. The van der Waals surface area contributed by atoms with Gasteiger partial charge in [-0.1, -0.05) is 41.0 Å². The number of esters is 1. The van der Waals surface area contributed by atoms with Crippen LogP contribution < -0.4 is 15.8 Å². The molecule has 39 heavy (non-hydrogen) atoms. The number of nitrogens with two attached hydrogens (primary N) is 1. The average Bonchev–Trinajstić information content (AvgIpc) is 3.40. The van der Waals surface area contributed by atoms with E-state index in [-0.39, 0.29) is 27.3 Å². The van der Waals surface area contributed by atoms with Crippen molar-refractivity contribution in [3.8, 4) is 5.75 Å². The third-order valence-corrected chi connectivity index (χ3v) is 7.86. The van der Waals surface area contributed by atoms with Crippen LogP contribution in [0.4, 0.5) is 5.00 Å². The number of nitrogens with one attached hydrogen (secondary N) is 1. The van der Waals surface area contributed by atoms with Crippen LogP contribution in [0.2, 0.25) is 10.0 Å². The van der Waals surface area contributed by atoms with E-state index in [9.17, 15) is 14.4 Å². The van der Waals surface area contributed by atoms with Crippen molar-refractivity contribution < 1.29 is 23.9 Å². The van der Waals surface area contributed by atoms with Crippen molar-refractivity contribution in [3.63, 3.8) is 0 Å². The van der Waals surface area contributed by atoms with Gasteiger partial charge in [-0.3, -0.25) is 14.2 Å². The standard InChI is InChI=1S/C25H27Cl2N5O5S2/c1-6-9-32-22(14(5)37-17-10-15(26)7-8-16(17)27)30-31-25(32)38-11-18(33)29-23-19(24(35)36-12(2)3)13(4)20(39-23)21(28)34/h6-8,10,12,14H,1,9,11H2,2-5H3,(H2,28,34)(H,29,33). The Balaban J connectivity index is 1.77. The van der Waals surface area contributed by atoms with Crippen molar-refractivity contribution in [3.05, 3.63) is 62.7 Å². The Bertz CT molecular complexity index is 1410. The number of aromatic nitrogens is 3. The molecule has 0 radical (unpaired) electrons. The zero-order valence-corrected chi connectivity index (χ0v) is 24.8. The van der Waals surface area contributed by atoms with Crippen LogP contribution >= 0.6 is 46.3 Å². The summed E-state index contributed by atoms with van der Waals surface area (Å²) in [5.41, 5.74) is 5.90. The molecule has 0 aliphatic rings. The van der Waals surface area contributed by atoms with Gasteiger partial charge in [0.1, 0.15) is 10.8 Å². The molecule has 1 atom stereocenters. The van der Waals surface area contributed by atoms with E-state index in [2.05, 4.69) is 22.1 Å². The van der Waals surface area contributed by atoms with Gasteiger partial charge in [-0.25, -0.2) is 4.79 Å². The number of thiophene rings is 1. The van der Waals surface area contributed by atoms with Crippen molar-refractivity contribution in [2.24, 2.45) is 5.73 Å². The fraction of sp³-hybridized carbons (Fsp3) is 0.320. The summed E-state index contributed by atoms with van der Waals surface area (Å²) in [6, 6.07) is 4.90. The molecule has 0 fully saturated rings. The first-order valence-electron chi connectivity index (χ1n) is 11.6. The maximum absolute atomic E-state index is 12.9. The monoisotopic (exact) mass is 611 g/mol. The molecule has 2 heterocycles. The number of rotatable bonds is 12. The molecule has 0 saturated carbocycles. The molecule has 14 heteroatoms. The molecular weight excluding hydrogens is 585 g/mol. The van der Waals surface area contributed by atoms with Crippen LogP contribution in [-0.2, 0) is 16.1 Å². The topological polar surface area (TPSA) is 138 Å². The van der Waals surface area contributed by atoms with Gasteiger partial charge in [0.2, 0.25) is 5.91 Å². The second kappa shape index (κ2) is 13.3. The maximum Gasteiger partial charge on any atom is 0.341 e. The highest BCUT2D eigenvalue weighted by Crippen LogP contribution is 2.35. The van der Waals surface area contributed by atoms with Gasteiger partial charge in [0.05, 0.1) is 27.3 Å². The molecule has 0 spiro atoms. The first-order chi connectivity index (χ1) is 18.4. The number of hydrogen-bond acceptors (Lipinski definition) is 9. The van der Waals surface area contributed by atoms with Gasteiger partial charge in [0.15, 0.2) is 17.1 Å². The number of amides is 2. The summed E-state index contributed by atoms with van der Waals surface area (Å²) in [6.07, 6.45) is 0.731. The van der Waals surface area contributed by atoms with E-state index in [1.807, 2.05) is 0 Å². The number of halogens is 2. The van der Waals surface area contributed by atoms with Gasteiger partial charge in [-0.15, -0.1) is 28.1 Å². The highest BCUT2D eigenvalue weighted by Gasteiger charge is 2.27. The number of anilines is 1. The molecule has 2 amide bonds. The van der Waals surface area contributed by atoms with E-state index in [1.165, 1.54) is 0 Å². The van der Waals surface area contributed by atoms with Gasteiger partial charge in [0.25, 0.3) is 5.91 Å². The summed E-state index contributed by atoms with van der Waals surface area (Å²) in [5.74, 6) is -0.962. The average molecular weight is 613 g/mol. The van der Waals surface area contributed by atoms with Crippen molar-refractivity contribution in [1.29, 1.82) is 0 Å². The predicted molar refractivity (Wildman–Crippen MR) is 153 cm³/mol. The van der Waals surface area contributed by atoms with Crippen LogP contribution in [0.3, 0.4) is 0 Å². The molecule has 0 saturated heterocycles. The Kier molecular flexibility index (Phi) is 10.4. The minimum atomic E-state index is -0.702. The van der Waals surface area contributed by atoms with Gasteiger partial charge < -0.3 is 20.5 Å². The molecule has 1 unspecified atom stereocenters. The van der Waals surface area contributed by atoms with Crippen molar-refractivity contribution >= 4 is 69.1 Å². The summed E-state index contributed by atoms with van der Waals surface area (Å²) in [6.45, 7) is 10.9. The van der Waals surface area contributed by atoms with Gasteiger partial charge in [-0.2, -0.15) is 0 Å². The first-order valence-corrected chi connectivity index (χ1v) is 14.2. The van der Waals surface area contributed by atoms with Crippen molar-refractivity contribution in [1.82, 2.24) is 14.8 Å². The number of carbonyl (C=O) groups excluding carboxylic acids is 3. The predicted octanol–water partition coefficient (Wildman–Crippen LogP) is 5.68. The summed E-state index contributed by atoms with van der Waals surface area (Å²) in [4.78, 5) is 37.5. The van der Waals surface area contributed by atoms with Crippen LogP contribution in [0.5, 0.6) is 5.75 Å². The number of hydrogen-bond donors (Lipinski definition) is 2. The normalized spacial score (nSPS) is 11.8. The number of ether oxygens (including phenoxy) is 2. The molecule has 0 aliphatic heterocycles. The summed E-state index contributed by atoms with van der Waals surface area (Å²) in [7, 11) is 0. The zero-order valence-electron chi connectivity index (χ0n) is 21.6. The van der Waals surface area contributed by atoms with E-state index in [1.54, 1.807) is 56.5 Å². The quantitative estimate of drug-likeness (QED) is 0.152. The van der Waals surface area contributed by atoms with Crippen molar-refractivity contribution in [2.45, 2.75) is 51.6 Å². The van der Waals surface area contributed by atoms with Crippen molar-refractivity contribution in [2.75, 3.05) is 11.1 Å². The lowest BCUT2D eigenvalue weighted by Crippen LogP contribution is -2.18. The Labute approximate surface area is 243 Å². The summed E-state index contributed by atoms with van der Waals surface area (Å²) >= 11 is 14.3. The fourth-order valence-electron chi connectivity index (χ4n) is 3.47. The third kappa shape index (κ3) is 7.53. The van der Waals surface area contributed by atoms with Crippen LogP contribution in [0.25, 0.3) is 0 Å². The van der Waals surface area contributed by atoms with Gasteiger partial charge >= 0.3 is 5.97 Å². The first kappa shape index (κ1) is 30.5. The van der Waals surface area contributed by atoms with Crippen LogP contribution in [0.15, 0.2) is 36.0 Å². The van der Waals surface area contributed by atoms with Crippen LogP contribution in [0, 0.1) is 6.92 Å². The van der Waals surface area contributed by atoms with E-state index < -0.39 is 23.9 Å². The van der Waals surface area contributed by atoms with E-state index in [0.29, 0.717) is 38.9 Å². The summed E-state index contributed by atoms with van der Waals surface area (Å²) < 4.78 is 13.0. The smallest absolute Gasteiger partial charge is 0.341 e. The third-order valence-electron chi connectivity index (χ3n) is 5.12. The van der Waals surface area contributed by atoms with Gasteiger partial charge in [-0.05, 0) is 45.4 Å². The Morgan fingerprint density at radius 1 is 1.26 bits per heavy atom. The maximum atomic E-state index is 12.9. The van der Waals surface area contributed by atoms with Crippen LogP contribution in [0.1, 0.15) is 58.3 Å². The molecule has 3 rings (SSSR count). The summed E-state index contributed by atoms with van der Waals surface area (Å²) in [5, 5.41) is 12.7. The molecule has 1 aromatic carbocycles. The van der Waals surface area contributed by atoms with E-state index in [0.717, 1.165) is 23.1 Å². The second-order valence-corrected chi connectivity index (χ2v) is 11.3. The lowest BCUT2D eigenvalue weighted by molar-refractivity contribution is -0.113. The molecule has 0 aliphatic carbocycles. The van der Waals surface area contributed by atoms with E-state index in [4.69, 9.17) is 38.4 Å². The zero-order chi connectivity index (χ0) is 28.9. The lowest BCUT2D eigenvalue weighted by atomic mass is 10.1. The molecular formula is C25H27Cl2N5O5S2. The molecule has 2 aromatic heterocycles. The second-order valence-electron chi connectivity index (χ2n) is 8.49. The lowest BCUT2D eigenvalue weighted by Gasteiger charge is -2.16. The number of allylic oxidation sites excluding steroid dienone is 1. The van der Waals surface area contributed by atoms with Gasteiger partial charge in [0, 0.05) is 17.6 Å². The Hall–Kier alpha value is -3.06. The minimum Gasteiger partial charge on any atom is -0.481 e. The number of thioether (sulfide) groups is 1. The number of primary amides is 1. The SMILES string of the molecule is C=CCn1c(SCC(=O)Nc2sc(C(N)=O)c(C)c2C(=O)OC(C)C)nnc1C(C)Oc1cc(Cl)ccc1Cl. The Morgan fingerprint density at radius 3 is 2.62 bits per heavy atom. The highest BCUT2D eigenvalue weighted by molar-refractivity contribution is 7.99. The largest absolute Gasteiger partial charge is 0.481 e.